The van der Waals surface area contributed by atoms with Crippen LogP contribution in [-0.4, -0.2) is 58.2 Å². The number of carbonyl (C=O) groups excluding carboxylic acids is 1. The predicted octanol–water partition coefficient (Wildman–Crippen LogP) is 2.63. The molecule has 2 aliphatic rings. The molecule has 1 aromatic carbocycles. The molecule has 1 aliphatic carbocycles. The quantitative estimate of drug-likeness (QED) is 0.818. The predicted molar refractivity (Wildman–Crippen MR) is 111 cm³/mol. The van der Waals surface area contributed by atoms with E-state index in [1.807, 2.05) is 35.0 Å². The molecule has 4 rings (SSSR count). The molecule has 2 heterocycles. The van der Waals surface area contributed by atoms with Crippen molar-refractivity contribution in [3.05, 3.63) is 47.7 Å². The largest absolute Gasteiger partial charge is 0.310 e. The Labute approximate surface area is 171 Å². The van der Waals surface area contributed by atoms with Crippen molar-refractivity contribution in [1.82, 2.24) is 19.6 Å². The molecular weight excluding hydrogens is 364 g/mol. The molecular formula is C22H28N6O. The van der Waals surface area contributed by atoms with Gasteiger partial charge in [0.2, 0.25) is 5.91 Å². The van der Waals surface area contributed by atoms with Crippen LogP contribution < -0.4 is 5.32 Å². The Balaban J connectivity index is 1.23. The maximum Gasteiger partial charge on any atom is 0.239 e. The summed E-state index contributed by atoms with van der Waals surface area (Å²) in [4.78, 5) is 17.1. The van der Waals surface area contributed by atoms with E-state index in [4.69, 9.17) is 5.26 Å². The Kier molecular flexibility index (Phi) is 6.23. The van der Waals surface area contributed by atoms with Crippen LogP contribution in [0, 0.1) is 11.3 Å². The summed E-state index contributed by atoms with van der Waals surface area (Å²) in [7, 11) is 0. The van der Waals surface area contributed by atoms with Crippen LogP contribution in [0.3, 0.4) is 0 Å². The van der Waals surface area contributed by atoms with Crippen LogP contribution in [0.4, 0.5) is 5.82 Å². The Morgan fingerprint density at radius 2 is 1.76 bits per heavy atom. The molecule has 1 N–H and O–H groups in total. The first-order valence-corrected chi connectivity index (χ1v) is 10.5. The summed E-state index contributed by atoms with van der Waals surface area (Å²) >= 11 is 0. The van der Waals surface area contributed by atoms with E-state index in [0.29, 0.717) is 18.2 Å². The van der Waals surface area contributed by atoms with Crippen molar-refractivity contribution in [3.8, 4) is 6.07 Å². The van der Waals surface area contributed by atoms with Crippen molar-refractivity contribution >= 4 is 11.7 Å². The standard InChI is InChI=1S/C22H28N6O/c23-15-18-5-7-19(8-6-18)16-26-11-13-27(14-12-26)17-22(29)25-21-9-10-24-28(21)20-3-1-2-4-20/h5-10,20H,1-4,11-14,16-17H2,(H,25,29). The molecule has 0 bridgehead atoms. The van der Waals surface area contributed by atoms with E-state index in [2.05, 4.69) is 26.3 Å². The zero-order valence-electron chi connectivity index (χ0n) is 16.8. The highest BCUT2D eigenvalue weighted by molar-refractivity contribution is 5.91. The van der Waals surface area contributed by atoms with Gasteiger partial charge in [-0.15, -0.1) is 0 Å². The molecule has 0 atom stereocenters. The number of nitriles is 1. The molecule has 152 valence electrons. The Hall–Kier alpha value is -2.69. The van der Waals surface area contributed by atoms with E-state index in [1.165, 1.54) is 18.4 Å². The van der Waals surface area contributed by atoms with E-state index in [1.54, 1.807) is 6.20 Å². The summed E-state index contributed by atoms with van der Waals surface area (Å²) in [5, 5.41) is 16.4. The van der Waals surface area contributed by atoms with Crippen molar-refractivity contribution in [2.45, 2.75) is 38.3 Å². The van der Waals surface area contributed by atoms with Gasteiger partial charge >= 0.3 is 0 Å². The summed E-state index contributed by atoms with van der Waals surface area (Å²) in [5.74, 6) is 0.853. The van der Waals surface area contributed by atoms with E-state index < -0.39 is 0 Å². The maximum absolute atomic E-state index is 12.5. The molecule has 1 aliphatic heterocycles. The second-order valence-electron chi connectivity index (χ2n) is 8.01. The Morgan fingerprint density at radius 1 is 1.07 bits per heavy atom. The van der Waals surface area contributed by atoms with Crippen LogP contribution in [0.2, 0.25) is 0 Å². The van der Waals surface area contributed by atoms with Crippen molar-refractivity contribution in [2.24, 2.45) is 0 Å². The number of hydrogen-bond donors (Lipinski definition) is 1. The minimum absolute atomic E-state index is 0.0327. The topological polar surface area (TPSA) is 77.2 Å². The number of benzene rings is 1. The molecule has 2 aromatic rings. The lowest BCUT2D eigenvalue weighted by atomic mass is 10.1. The number of piperazine rings is 1. The van der Waals surface area contributed by atoms with Crippen molar-refractivity contribution in [2.75, 3.05) is 38.0 Å². The molecule has 0 unspecified atom stereocenters. The highest BCUT2D eigenvalue weighted by Gasteiger charge is 2.22. The monoisotopic (exact) mass is 392 g/mol. The first kappa shape index (κ1) is 19.6. The second-order valence-corrected chi connectivity index (χ2v) is 8.01. The third kappa shape index (κ3) is 5.03. The number of hydrogen-bond acceptors (Lipinski definition) is 5. The highest BCUT2D eigenvalue weighted by Crippen LogP contribution is 2.31. The van der Waals surface area contributed by atoms with Crippen LogP contribution in [-0.2, 0) is 11.3 Å². The van der Waals surface area contributed by atoms with E-state index in [-0.39, 0.29) is 5.91 Å². The summed E-state index contributed by atoms with van der Waals surface area (Å²) in [5.41, 5.74) is 1.91. The van der Waals surface area contributed by atoms with Gasteiger partial charge in [-0.1, -0.05) is 25.0 Å². The normalized spacial score (nSPS) is 18.6. The molecule has 0 spiro atoms. The number of amides is 1. The molecule has 7 nitrogen and oxygen atoms in total. The molecule has 1 saturated heterocycles. The lowest BCUT2D eigenvalue weighted by molar-refractivity contribution is -0.117. The fourth-order valence-corrected chi connectivity index (χ4v) is 4.29. The van der Waals surface area contributed by atoms with Crippen LogP contribution >= 0.6 is 0 Å². The van der Waals surface area contributed by atoms with E-state index in [0.717, 1.165) is 51.4 Å². The van der Waals surface area contributed by atoms with E-state index in [9.17, 15) is 4.79 Å². The summed E-state index contributed by atoms with van der Waals surface area (Å²) in [6, 6.07) is 12.2. The molecule has 7 heteroatoms. The van der Waals surface area contributed by atoms with E-state index >= 15 is 0 Å². The Bertz CT molecular complexity index is 854. The lowest BCUT2D eigenvalue weighted by Crippen LogP contribution is -2.48. The fraction of sp³-hybridized carbons (Fsp3) is 0.500. The maximum atomic E-state index is 12.5. The summed E-state index contributed by atoms with van der Waals surface area (Å²) < 4.78 is 1.99. The van der Waals surface area contributed by atoms with Crippen molar-refractivity contribution in [3.63, 3.8) is 0 Å². The van der Waals surface area contributed by atoms with Gasteiger partial charge in [0.1, 0.15) is 5.82 Å². The van der Waals surface area contributed by atoms with Gasteiger partial charge in [0, 0.05) is 38.8 Å². The van der Waals surface area contributed by atoms with Gasteiger partial charge in [0.05, 0.1) is 30.4 Å². The van der Waals surface area contributed by atoms with Gasteiger partial charge in [-0.3, -0.25) is 14.6 Å². The SMILES string of the molecule is N#Cc1ccc(CN2CCN(CC(=O)Nc3ccnn3C3CCCC3)CC2)cc1. The summed E-state index contributed by atoms with van der Waals surface area (Å²) in [6.45, 7) is 4.94. The average Bonchev–Trinajstić information content (AvgIpc) is 3.42. The van der Waals surface area contributed by atoms with Gasteiger partial charge < -0.3 is 5.32 Å². The first-order valence-electron chi connectivity index (χ1n) is 10.5. The van der Waals surface area contributed by atoms with Crippen LogP contribution in [0.25, 0.3) is 0 Å². The molecule has 1 aromatic heterocycles. The molecule has 0 radical (unpaired) electrons. The second kappa shape index (κ2) is 9.21. The zero-order valence-corrected chi connectivity index (χ0v) is 16.8. The Morgan fingerprint density at radius 3 is 2.45 bits per heavy atom. The lowest BCUT2D eigenvalue weighted by Gasteiger charge is -2.34. The third-order valence-corrected chi connectivity index (χ3v) is 5.93. The summed E-state index contributed by atoms with van der Waals surface area (Å²) in [6.07, 6.45) is 6.54. The number of anilines is 1. The zero-order chi connectivity index (χ0) is 20.1. The van der Waals surface area contributed by atoms with Gasteiger partial charge in [0.15, 0.2) is 0 Å². The van der Waals surface area contributed by atoms with Gasteiger partial charge in [0.25, 0.3) is 0 Å². The minimum Gasteiger partial charge on any atom is -0.310 e. The van der Waals surface area contributed by atoms with Gasteiger partial charge in [-0.25, -0.2) is 4.68 Å². The van der Waals surface area contributed by atoms with Crippen LogP contribution in [0.15, 0.2) is 36.5 Å². The van der Waals surface area contributed by atoms with Crippen molar-refractivity contribution in [1.29, 1.82) is 5.26 Å². The van der Waals surface area contributed by atoms with Crippen LogP contribution in [0.1, 0.15) is 42.9 Å². The van der Waals surface area contributed by atoms with Crippen molar-refractivity contribution < 1.29 is 4.79 Å². The smallest absolute Gasteiger partial charge is 0.239 e. The highest BCUT2D eigenvalue weighted by atomic mass is 16.2. The third-order valence-electron chi connectivity index (χ3n) is 5.93. The fourth-order valence-electron chi connectivity index (χ4n) is 4.29. The molecule has 1 saturated carbocycles. The number of aromatic nitrogens is 2. The number of rotatable bonds is 6. The number of carbonyl (C=O) groups is 1. The minimum atomic E-state index is 0.0327. The molecule has 1 amide bonds. The molecule has 2 fully saturated rings. The van der Waals surface area contributed by atoms with Gasteiger partial charge in [-0.2, -0.15) is 10.4 Å². The number of nitrogens with zero attached hydrogens (tertiary/aromatic N) is 5. The average molecular weight is 393 g/mol. The van der Waals surface area contributed by atoms with Crippen LogP contribution in [0.5, 0.6) is 0 Å². The van der Waals surface area contributed by atoms with Gasteiger partial charge in [-0.05, 0) is 30.5 Å². The molecule has 29 heavy (non-hydrogen) atoms. The number of nitrogens with one attached hydrogen (secondary N) is 1. The first-order chi connectivity index (χ1) is 14.2.